The first-order valence-corrected chi connectivity index (χ1v) is 8.71. The second-order valence-electron chi connectivity index (χ2n) is 5.79. The molecule has 6 heteroatoms. The Hall–Kier alpha value is -2.05. The number of aromatic nitrogens is 3. The first kappa shape index (κ1) is 14.5. The van der Waals surface area contributed by atoms with E-state index in [0.717, 1.165) is 34.3 Å². The molecular formula is C17H18N4OS. The maximum absolute atomic E-state index is 6.06. The number of fused-ring (bicyclic) bond motifs is 1. The van der Waals surface area contributed by atoms with Gasteiger partial charge in [0.15, 0.2) is 5.82 Å². The summed E-state index contributed by atoms with van der Waals surface area (Å²) in [5, 5.41) is 5.56. The van der Waals surface area contributed by atoms with Crippen LogP contribution in [0.25, 0.3) is 21.6 Å². The average Bonchev–Trinajstić information content (AvgIpc) is 3.24. The lowest BCUT2D eigenvalue weighted by Gasteiger charge is -2.12. The third-order valence-corrected chi connectivity index (χ3v) is 5.16. The first-order chi connectivity index (χ1) is 11.3. The number of ether oxygens (including phenoxy) is 1. The summed E-state index contributed by atoms with van der Waals surface area (Å²) in [5.74, 6) is 1.38. The van der Waals surface area contributed by atoms with E-state index < -0.39 is 0 Å². The topological polar surface area (TPSA) is 59.9 Å². The van der Waals surface area contributed by atoms with Crippen LogP contribution in [0.15, 0.2) is 29.9 Å². The largest absolute Gasteiger partial charge is 0.475 e. The Labute approximate surface area is 138 Å². The lowest BCUT2D eigenvalue weighted by atomic mass is 10.2. The maximum atomic E-state index is 6.06. The van der Waals surface area contributed by atoms with Crippen molar-refractivity contribution >= 4 is 21.6 Å². The van der Waals surface area contributed by atoms with Crippen LogP contribution in [0.3, 0.4) is 0 Å². The molecule has 1 N–H and O–H groups in total. The molecule has 3 aromatic rings. The fraction of sp³-hybridized carbons (Fsp3) is 0.353. The van der Waals surface area contributed by atoms with E-state index in [9.17, 15) is 0 Å². The van der Waals surface area contributed by atoms with E-state index in [1.54, 1.807) is 23.7 Å². The highest BCUT2D eigenvalue weighted by atomic mass is 32.1. The zero-order chi connectivity index (χ0) is 15.6. The molecule has 1 atom stereocenters. The van der Waals surface area contributed by atoms with Gasteiger partial charge in [-0.2, -0.15) is 4.98 Å². The molecule has 5 nitrogen and oxygen atoms in total. The molecule has 23 heavy (non-hydrogen) atoms. The number of nitrogens with zero attached hydrogens (tertiary/aromatic N) is 3. The molecule has 0 aliphatic carbocycles. The number of nitrogens with one attached hydrogen (secondary N) is 1. The van der Waals surface area contributed by atoms with Crippen LogP contribution in [-0.4, -0.2) is 34.1 Å². The Morgan fingerprint density at radius 1 is 1.30 bits per heavy atom. The number of aryl methyl sites for hydroxylation is 1. The van der Waals surface area contributed by atoms with Gasteiger partial charge in [0.25, 0.3) is 0 Å². The fourth-order valence-electron chi connectivity index (χ4n) is 2.81. The van der Waals surface area contributed by atoms with Crippen LogP contribution in [0.1, 0.15) is 18.4 Å². The lowest BCUT2D eigenvalue weighted by Crippen LogP contribution is -2.28. The third kappa shape index (κ3) is 2.92. The Balaban J connectivity index is 1.72. The molecule has 4 heterocycles. The number of thiophene rings is 1. The van der Waals surface area contributed by atoms with Gasteiger partial charge in [0, 0.05) is 24.0 Å². The lowest BCUT2D eigenvalue weighted by molar-refractivity contribution is 0.271. The predicted molar refractivity (Wildman–Crippen MR) is 91.9 cm³/mol. The van der Waals surface area contributed by atoms with Crippen molar-refractivity contribution in [1.29, 1.82) is 0 Å². The minimum Gasteiger partial charge on any atom is -0.475 e. The molecular weight excluding hydrogens is 308 g/mol. The first-order valence-electron chi connectivity index (χ1n) is 7.83. The van der Waals surface area contributed by atoms with Gasteiger partial charge in [-0.25, -0.2) is 4.98 Å². The van der Waals surface area contributed by atoms with Crippen molar-refractivity contribution in [2.45, 2.75) is 25.8 Å². The van der Waals surface area contributed by atoms with Crippen LogP contribution in [-0.2, 0) is 0 Å². The third-order valence-electron chi connectivity index (χ3n) is 4.08. The van der Waals surface area contributed by atoms with Crippen LogP contribution < -0.4 is 10.1 Å². The molecule has 0 spiro atoms. The van der Waals surface area contributed by atoms with Crippen molar-refractivity contribution in [1.82, 2.24) is 20.3 Å². The van der Waals surface area contributed by atoms with Crippen LogP contribution >= 0.6 is 11.3 Å². The van der Waals surface area contributed by atoms with Gasteiger partial charge in [-0.15, -0.1) is 11.3 Å². The predicted octanol–water partition coefficient (Wildman–Crippen LogP) is 3.19. The summed E-state index contributed by atoms with van der Waals surface area (Å²) in [6.07, 6.45) is 5.89. The van der Waals surface area contributed by atoms with Crippen molar-refractivity contribution in [3.8, 4) is 17.3 Å². The zero-order valence-electron chi connectivity index (χ0n) is 13.0. The van der Waals surface area contributed by atoms with Gasteiger partial charge in [-0.3, -0.25) is 4.98 Å². The number of pyridine rings is 1. The summed E-state index contributed by atoms with van der Waals surface area (Å²) in [6.45, 7) is 3.80. The molecule has 0 saturated carbocycles. The van der Waals surface area contributed by atoms with E-state index >= 15 is 0 Å². The minimum atomic E-state index is 0.422. The van der Waals surface area contributed by atoms with Crippen LogP contribution in [0.5, 0.6) is 5.88 Å². The van der Waals surface area contributed by atoms with E-state index in [1.165, 1.54) is 6.42 Å². The molecule has 3 aromatic heterocycles. The summed E-state index contributed by atoms with van der Waals surface area (Å²) in [7, 11) is 0. The molecule has 1 aliphatic heterocycles. The average molecular weight is 326 g/mol. The number of rotatable bonds is 4. The summed E-state index contributed by atoms with van der Waals surface area (Å²) < 4.78 is 7.09. The summed E-state index contributed by atoms with van der Waals surface area (Å²) in [5.41, 5.74) is 3.09. The van der Waals surface area contributed by atoms with E-state index in [0.29, 0.717) is 24.4 Å². The van der Waals surface area contributed by atoms with Gasteiger partial charge in [0.1, 0.15) is 11.3 Å². The van der Waals surface area contributed by atoms with E-state index in [1.807, 2.05) is 12.1 Å². The van der Waals surface area contributed by atoms with Crippen molar-refractivity contribution in [3.05, 3.63) is 35.5 Å². The van der Waals surface area contributed by atoms with Gasteiger partial charge < -0.3 is 10.1 Å². The summed E-state index contributed by atoms with van der Waals surface area (Å²) >= 11 is 1.64. The zero-order valence-corrected chi connectivity index (χ0v) is 13.8. The number of hydrogen-bond acceptors (Lipinski definition) is 6. The van der Waals surface area contributed by atoms with Crippen LogP contribution in [0.2, 0.25) is 0 Å². The van der Waals surface area contributed by atoms with Crippen molar-refractivity contribution in [2.24, 2.45) is 0 Å². The minimum absolute atomic E-state index is 0.422. The Kier molecular flexibility index (Phi) is 3.93. The van der Waals surface area contributed by atoms with Crippen LogP contribution in [0.4, 0.5) is 0 Å². The monoisotopic (exact) mass is 326 g/mol. The molecule has 0 amide bonds. The number of hydrogen-bond donors (Lipinski definition) is 1. The van der Waals surface area contributed by atoms with E-state index in [2.05, 4.69) is 27.6 Å². The second-order valence-corrected chi connectivity index (χ2v) is 6.67. The van der Waals surface area contributed by atoms with Crippen molar-refractivity contribution in [2.75, 3.05) is 13.2 Å². The van der Waals surface area contributed by atoms with Crippen molar-refractivity contribution < 1.29 is 4.74 Å². The highest BCUT2D eigenvalue weighted by molar-refractivity contribution is 7.17. The molecule has 0 aromatic carbocycles. The second kappa shape index (κ2) is 6.22. The molecule has 0 bridgehead atoms. The van der Waals surface area contributed by atoms with E-state index in [4.69, 9.17) is 9.72 Å². The van der Waals surface area contributed by atoms with Crippen LogP contribution in [0, 0.1) is 6.92 Å². The maximum Gasteiger partial charge on any atom is 0.235 e. The Morgan fingerprint density at radius 2 is 2.17 bits per heavy atom. The highest BCUT2D eigenvalue weighted by Gasteiger charge is 2.18. The van der Waals surface area contributed by atoms with Gasteiger partial charge in [0.2, 0.25) is 5.88 Å². The smallest absolute Gasteiger partial charge is 0.235 e. The molecule has 1 fully saturated rings. The van der Waals surface area contributed by atoms with E-state index in [-0.39, 0.29) is 0 Å². The molecule has 0 radical (unpaired) electrons. The summed E-state index contributed by atoms with van der Waals surface area (Å²) in [4.78, 5) is 13.4. The SMILES string of the molecule is Cc1csc2c(OC[C@@H]3CCCN3)nc(-c3ccncc3)nc12. The molecule has 0 unspecified atom stereocenters. The van der Waals surface area contributed by atoms with Gasteiger partial charge in [-0.05, 0) is 49.4 Å². The Morgan fingerprint density at radius 3 is 2.96 bits per heavy atom. The van der Waals surface area contributed by atoms with Crippen molar-refractivity contribution in [3.63, 3.8) is 0 Å². The quantitative estimate of drug-likeness (QED) is 0.798. The molecule has 4 rings (SSSR count). The van der Waals surface area contributed by atoms with Gasteiger partial charge >= 0.3 is 0 Å². The molecule has 1 aliphatic rings. The summed E-state index contributed by atoms with van der Waals surface area (Å²) in [6, 6.07) is 4.27. The fourth-order valence-corrected chi connectivity index (χ4v) is 3.74. The molecule has 118 valence electrons. The Bertz CT molecular complexity index is 812. The standard InChI is InChI=1S/C17H18N4OS/c1-11-10-23-15-14(11)20-16(12-4-7-18-8-5-12)21-17(15)22-9-13-3-2-6-19-13/h4-5,7-8,10,13,19H,2-3,6,9H2,1H3/t13-/m0/s1. The van der Waals surface area contributed by atoms with Gasteiger partial charge in [0.05, 0.1) is 5.52 Å². The van der Waals surface area contributed by atoms with Gasteiger partial charge in [-0.1, -0.05) is 0 Å². The molecule has 1 saturated heterocycles. The highest BCUT2D eigenvalue weighted by Crippen LogP contribution is 2.33. The normalized spacial score (nSPS) is 17.7.